The Kier molecular flexibility index (Phi) is 27.7. The summed E-state index contributed by atoms with van der Waals surface area (Å²) in [6, 6.07) is 1.12. The first-order valence-corrected chi connectivity index (χ1v) is 23.0. The summed E-state index contributed by atoms with van der Waals surface area (Å²) in [6.45, 7) is 10.4. The van der Waals surface area contributed by atoms with E-state index in [1.807, 2.05) is 0 Å². The number of nitrogens with two attached hydrogens (primary N) is 2. The zero-order valence-electron chi connectivity index (χ0n) is 41.8. The Hall–Kier alpha value is -7.88. The third kappa shape index (κ3) is 25.6. The van der Waals surface area contributed by atoms with Crippen molar-refractivity contribution in [2.75, 3.05) is 26.7 Å². The largest absolute Gasteiger partial charge is 0.468 e. The monoisotopic (exact) mass is 1020 g/mol. The smallest absolute Gasteiger partial charge is 0.408 e. The summed E-state index contributed by atoms with van der Waals surface area (Å²) >= 11 is 0. The molecule has 0 radical (unpaired) electrons. The number of amides is 6. The van der Waals surface area contributed by atoms with Gasteiger partial charge in [-0.05, 0) is 63.9 Å². The SMILES string of the molecule is CC[C@H](C)[C@H](NC(=O)[C@H](CCCN=C(N)N[N+](=O)[O-])NC(=O)[C@H](CC(=O)OCc1ccccc1)NC(=O)[C@@H](NC(=O)[C@H](CCCN=C(N)N[N+](=O)[O-])NC(=O)OC(C)(C)C)[C@@H](C)CC)C(=O)NCC(=O)OC. The van der Waals surface area contributed by atoms with Crippen LogP contribution in [-0.2, 0) is 54.4 Å². The Balaban J connectivity index is 3.69. The Morgan fingerprint density at radius 3 is 1.58 bits per heavy atom. The molecule has 0 spiro atoms. The molecule has 0 bridgehead atoms. The van der Waals surface area contributed by atoms with Gasteiger partial charge in [-0.25, -0.2) is 35.0 Å². The molecule has 1 rings (SSSR count). The number of nitrogens with one attached hydrogen (secondary N) is 8. The Labute approximate surface area is 416 Å². The summed E-state index contributed by atoms with van der Waals surface area (Å²) in [4.78, 5) is 137. The van der Waals surface area contributed by atoms with E-state index < -0.39 is 130 Å². The zero-order valence-corrected chi connectivity index (χ0v) is 41.8. The number of methoxy groups -OCH3 is 1. The quantitative estimate of drug-likeness (QED) is 0.00848. The van der Waals surface area contributed by atoms with Crippen LogP contribution in [-0.4, -0.2) is 132 Å². The summed E-state index contributed by atoms with van der Waals surface area (Å²) < 4.78 is 15.4. The number of nitrogens with zero attached hydrogens (tertiary/aromatic N) is 4. The van der Waals surface area contributed by atoms with Gasteiger partial charge in [0.2, 0.25) is 29.5 Å². The molecule has 1 aromatic carbocycles. The van der Waals surface area contributed by atoms with Gasteiger partial charge in [-0.15, -0.1) is 0 Å². The van der Waals surface area contributed by atoms with Crippen molar-refractivity contribution in [3.05, 3.63) is 56.1 Å². The van der Waals surface area contributed by atoms with Crippen LogP contribution in [0.3, 0.4) is 0 Å². The van der Waals surface area contributed by atoms with E-state index in [-0.39, 0.29) is 51.8 Å². The average Bonchev–Trinajstić information content (AvgIpc) is 3.30. The summed E-state index contributed by atoms with van der Waals surface area (Å²) in [5.74, 6) is -8.63. The van der Waals surface area contributed by atoms with Crippen LogP contribution in [0.25, 0.3) is 0 Å². The van der Waals surface area contributed by atoms with Gasteiger partial charge in [0, 0.05) is 13.1 Å². The predicted molar refractivity (Wildman–Crippen MR) is 257 cm³/mol. The van der Waals surface area contributed by atoms with Crippen molar-refractivity contribution in [1.82, 2.24) is 42.8 Å². The fourth-order valence-electron chi connectivity index (χ4n) is 6.19. The molecule has 0 aliphatic heterocycles. The average molecular weight is 1020 g/mol. The highest BCUT2D eigenvalue weighted by Crippen LogP contribution is 2.14. The minimum Gasteiger partial charge on any atom is -0.468 e. The molecule has 0 unspecified atom stereocenters. The van der Waals surface area contributed by atoms with E-state index in [9.17, 15) is 58.6 Å². The molecule has 72 heavy (non-hydrogen) atoms. The molecule has 29 nitrogen and oxygen atoms in total. The van der Waals surface area contributed by atoms with Crippen molar-refractivity contribution in [2.24, 2.45) is 33.3 Å². The van der Waals surface area contributed by atoms with Crippen LogP contribution in [0.4, 0.5) is 4.79 Å². The lowest BCUT2D eigenvalue weighted by molar-refractivity contribution is -0.525. The number of esters is 2. The normalized spacial score (nSPS) is 14.4. The first-order valence-electron chi connectivity index (χ1n) is 23.0. The van der Waals surface area contributed by atoms with Gasteiger partial charge in [0.05, 0.1) is 13.5 Å². The lowest BCUT2D eigenvalue weighted by Crippen LogP contribution is -2.61. The standard InChI is InChI=1S/C43H70N14O15/c1-9-25(3)33(38(63)48-23-32(59)70-8)52-35(60)28(18-14-20-46-40(44)54-56(66)67)49-37(62)30(22-31(58)71-24-27-16-12-11-13-17-27)50-39(64)34(26(4)10-2)53-36(61)29(51-42(65)72-43(5,6)7)19-15-21-47-41(45)55-57(68)69/h11-13,16-17,25-26,28-30,33-34H,9-10,14-15,18-24H2,1-8H3,(H,48,63)(H,49,62)(H,50,64)(H,51,65)(H,52,60)(H,53,61)(H3,44,46,54)(H3,45,47,55)/t25-,26-,28-,29-,30-,33-,34-/m0/s1. The fourth-order valence-corrected chi connectivity index (χ4v) is 6.19. The minimum atomic E-state index is -1.79. The third-order valence-corrected chi connectivity index (χ3v) is 10.4. The van der Waals surface area contributed by atoms with Gasteiger partial charge in [0.25, 0.3) is 11.9 Å². The maximum Gasteiger partial charge on any atom is 0.408 e. The maximum atomic E-state index is 14.4. The van der Waals surface area contributed by atoms with Gasteiger partial charge in [0.1, 0.15) is 49.0 Å². The van der Waals surface area contributed by atoms with Crippen molar-refractivity contribution in [2.45, 2.75) is 136 Å². The molecule has 6 amide bonds. The van der Waals surface area contributed by atoms with Crippen LogP contribution < -0.4 is 54.2 Å². The highest BCUT2D eigenvalue weighted by molar-refractivity contribution is 5.98. The van der Waals surface area contributed by atoms with E-state index in [2.05, 4.69) is 46.6 Å². The number of carbonyl (C=O) groups is 8. The van der Waals surface area contributed by atoms with Crippen LogP contribution in [0.1, 0.15) is 99.0 Å². The summed E-state index contributed by atoms with van der Waals surface area (Å²) in [5, 5.41) is 34.7. The number of rotatable bonds is 30. The van der Waals surface area contributed by atoms with E-state index >= 15 is 0 Å². The number of alkyl carbamates (subject to hydrolysis) is 1. The highest BCUT2D eigenvalue weighted by Gasteiger charge is 2.36. The Bertz CT molecular complexity index is 2070. The van der Waals surface area contributed by atoms with Crippen molar-refractivity contribution in [3.8, 4) is 0 Å². The summed E-state index contributed by atoms with van der Waals surface area (Å²) in [5.41, 5.74) is 14.0. The van der Waals surface area contributed by atoms with Crippen LogP contribution in [0, 0.1) is 32.1 Å². The number of benzene rings is 1. The highest BCUT2D eigenvalue weighted by atomic mass is 16.7. The van der Waals surface area contributed by atoms with E-state index in [4.69, 9.17) is 20.9 Å². The second-order valence-electron chi connectivity index (χ2n) is 17.3. The molecule has 7 atom stereocenters. The number of carbonyl (C=O) groups excluding carboxylic acids is 8. The molecule has 0 aliphatic carbocycles. The molecule has 402 valence electrons. The van der Waals surface area contributed by atoms with Gasteiger partial charge in [-0.3, -0.25) is 33.6 Å². The molecule has 0 fully saturated rings. The summed E-state index contributed by atoms with van der Waals surface area (Å²) in [6.07, 6.45) is -1.55. The van der Waals surface area contributed by atoms with Crippen molar-refractivity contribution in [1.29, 1.82) is 0 Å². The third-order valence-electron chi connectivity index (χ3n) is 10.4. The molecular weight excluding hydrogens is 953 g/mol. The molecule has 0 aromatic heterocycles. The van der Waals surface area contributed by atoms with Crippen molar-refractivity contribution in [3.63, 3.8) is 0 Å². The number of nitro groups is 2. The number of hydrogen-bond donors (Lipinski definition) is 10. The molecule has 0 saturated heterocycles. The zero-order chi connectivity index (χ0) is 54.6. The number of hydrazine groups is 2. The topological polar surface area (TPSA) is 424 Å². The molecule has 12 N–H and O–H groups in total. The van der Waals surface area contributed by atoms with E-state index in [1.54, 1.807) is 89.6 Å². The van der Waals surface area contributed by atoms with Gasteiger partial charge >= 0.3 is 18.0 Å². The second-order valence-corrected chi connectivity index (χ2v) is 17.3. The second kappa shape index (κ2) is 32.1. The molecule has 0 saturated carbocycles. The lowest BCUT2D eigenvalue weighted by atomic mass is 9.96. The van der Waals surface area contributed by atoms with E-state index in [1.165, 1.54) is 0 Å². The minimum absolute atomic E-state index is 0.0437. The number of hydrogen-bond acceptors (Lipinski definition) is 17. The molecule has 0 aliphatic rings. The predicted octanol–water partition coefficient (Wildman–Crippen LogP) is -0.914. The first-order chi connectivity index (χ1) is 33.8. The number of ether oxygens (including phenoxy) is 3. The van der Waals surface area contributed by atoms with E-state index in [0.717, 1.165) is 7.11 Å². The number of aliphatic imine (C=N–C) groups is 2. The van der Waals surface area contributed by atoms with Gasteiger partial charge in [-0.2, -0.15) is 0 Å². The maximum absolute atomic E-state index is 14.4. The van der Waals surface area contributed by atoms with Gasteiger partial charge in [0.15, 0.2) is 10.1 Å². The van der Waals surface area contributed by atoms with E-state index in [0.29, 0.717) is 12.0 Å². The molecule has 29 heteroatoms. The van der Waals surface area contributed by atoms with Crippen LogP contribution in [0.5, 0.6) is 0 Å². The molecule has 1 aromatic rings. The molecule has 0 heterocycles. The van der Waals surface area contributed by atoms with Gasteiger partial charge in [-0.1, -0.05) is 81.7 Å². The number of guanidine groups is 2. The van der Waals surface area contributed by atoms with Crippen LogP contribution >= 0.6 is 0 Å². The first kappa shape index (κ1) is 62.1. The lowest BCUT2D eigenvalue weighted by Gasteiger charge is -2.29. The fraction of sp³-hybridized carbons (Fsp3) is 0.628. The Morgan fingerprint density at radius 1 is 0.667 bits per heavy atom. The Morgan fingerprint density at radius 2 is 1.12 bits per heavy atom. The molecular formula is C43H70N14O15. The van der Waals surface area contributed by atoms with Crippen molar-refractivity contribution < 1.29 is 62.6 Å². The van der Waals surface area contributed by atoms with Crippen molar-refractivity contribution >= 4 is 59.5 Å². The van der Waals surface area contributed by atoms with Gasteiger partial charge < -0.3 is 57.6 Å². The van der Waals surface area contributed by atoms with Crippen LogP contribution in [0.15, 0.2) is 40.3 Å². The summed E-state index contributed by atoms with van der Waals surface area (Å²) in [7, 11) is 1.12. The van der Waals surface area contributed by atoms with Crippen LogP contribution in [0.2, 0.25) is 0 Å².